The van der Waals surface area contributed by atoms with Gasteiger partial charge in [-0.15, -0.1) is 5.10 Å². The molecule has 0 unspecified atom stereocenters. The number of hydrogen-bond donors (Lipinski definition) is 1. The molecule has 4 heterocycles. The molecule has 0 radical (unpaired) electrons. The number of aromatic nitrogens is 7. The molecule has 1 aromatic carbocycles. The summed E-state index contributed by atoms with van der Waals surface area (Å²) in [7, 11) is 5.06. The van der Waals surface area contributed by atoms with Crippen LogP contribution < -0.4 is 10.1 Å². The molecule has 3 aromatic heterocycles. The quantitative estimate of drug-likeness (QED) is 0.337. The molecule has 0 aliphatic carbocycles. The highest BCUT2D eigenvalue weighted by atomic mass is 19.1. The molecular weight excluding hydrogens is 517 g/mol. The number of rotatable bonds is 9. The Morgan fingerprint density at radius 2 is 2.02 bits per heavy atom. The van der Waals surface area contributed by atoms with Crippen molar-refractivity contribution in [3.8, 4) is 11.4 Å². The molecule has 13 heteroatoms. The Kier molecular flexibility index (Phi) is 7.43. The van der Waals surface area contributed by atoms with E-state index in [1.165, 1.54) is 17.9 Å². The Balaban J connectivity index is 1.38. The van der Waals surface area contributed by atoms with Crippen LogP contribution in [0.15, 0.2) is 30.6 Å². The minimum atomic E-state index is -0.587. The number of imidazole rings is 1. The first-order valence-corrected chi connectivity index (χ1v) is 12.9. The number of hydrogen-bond acceptors (Lipinski definition) is 8. The highest BCUT2D eigenvalue weighted by Crippen LogP contribution is 2.27. The van der Waals surface area contributed by atoms with Crippen LogP contribution in [0.3, 0.4) is 0 Å². The van der Waals surface area contributed by atoms with Gasteiger partial charge in [0.15, 0.2) is 11.6 Å². The van der Waals surface area contributed by atoms with Gasteiger partial charge in [0.1, 0.15) is 18.1 Å². The van der Waals surface area contributed by atoms with Crippen LogP contribution in [-0.4, -0.2) is 72.9 Å². The minimum Gasteiger partial charge on any atom is -0.494 e. The van der Waals surface area contributed by atoms with Gasteiger partial charge in [0, 0.05) is 38.5 Å². The molecule has 1 aliphatic rings. The van der Waals surface area contributed by atoms with E-state index >= 15 is 4.39 Å². The molecule has 1 N–H and O–H groups in total. The zero-order valence-electron chi connectivity index (χ0n) is 23.6. The number of halogens is 1. The third-order valence-electron chi connectivity index (χ3n) is 6.88. The lowest BCUT2D eigenvalue weighted by Gasteiger charge is -2.37. The zero-order chi connectivity index (χ0) is 28.6. The average Bonchev–Trinajstić information content (AvgIpc) is 3.62. The molecule has 12 nitrogen and oxygen atoms in total. The van der Waals surface area contributed by atoms with Gasteiger partial charge in [-0.25, -0.2) is 14.1 Å². The number of likely N-dealkylation sites (N-methyl/N-ethyl adjacent to an activating group) is 1. The van der Waals surface area contributed by atoms with Crippen LogP contribution in [0.2, 0.25) is 0 Å². The predicted molar refractivity (Wildman–Crippen MR) is 144 cm³/mol. The lowest BCUT2D eigenvalue weighted by Crippen LogP contribution is -2.45. The third kappa shape index (κ3) is 5.34. The minimum absolute atomic E-state index is 0.0635. The summed E-state index contributed by atoms with van der Waals surface area (Å²) in [6.45, 7) is 8.37. The summed E-state index contributed by atoms with van der Waals surface area (Å²) in [6, 6.07) is 5.28. The van der Waals surface area contributed by atoms with Crippen molar-refractivity contribution in [2.45, 2.75) is 52.6 Å². The summed E-state index contributed by atoms with van der Waals surface area (Å²) in [4.78, 5) is 20.0. The van der Waals surface area contributed by atoms with Crippen molar-refractivity contribution in [1.29, 1.82) is 0 Å². The van der Waals surface area contributed by atoms with Crippen molar-refractivity contribution in [3.63, 3.8) is 0 Å². The first kappa shape index (κ1) is 27.5. The Hall–Kier alpha value is -4.10. The maximum absolute atomic E-state index is 15.3. The summed E-state index contributed by atoms with van der Waals surface area (Å²) in [5.74, 6) is -0.391. The van der Waals surface area contributed by atoms with E-state index in [9.17, 15) is 4.79 Å². The van der Waals surface area contributed by atoms with E-state index < -0.39 is 11.7 Å². The van der Waals surface area contributed by atoms with E-state index in [1.54, 1.807) is 32.5 Å². The topological polar surface area (TPSA) is 117 Å². The van der Waals surface area contributed by atoms with Crippen molar-refractivity contribution in [2.75, 3.05) is 27.8 Å². The van der Waals surface area contributed by atoms with Crippen molar-refractivity contribution >= 4 is 5.91 Å². The molecule has 40 heavy (non-hydrogen) atoms. The largest absolute Gasteiger partial charge is 0.494 e. The third-order valence-corrected chi connectivity index (χ3v) is 6.88. The Morgan fingerprint density at radius 1 is 1.23 bits per heavy atom. The molecule has 0 spiro atoms. The van der Waals surface area contributed by atoms with Crippen LogP contribution in [0.1, 0.15) is 52.8 Å². The number of aryl methyl sites for hydroxylation is 1. The molecule has 0 saturated heterocycles. The summed E-state index contributed by atoms with van der Waals surface area (Å²) >= 11 is 0. The van der Waals surface area contributed by atoms with Crippen LogP contribution in [0.4, 0.5) is 4.39 Å². The first-order chi connectivity index (χ1) is 19.1. The van der Waals surface area contributed by atoms with E-state index in [0.717, 1.165) is 24.5 Å². The summed E-state index contributed by atoms with van der Waals surface area (Å²) in [6.07, 6.45) is 3.35. The van der Waals surface area contributed by atoms with Gasteiger partial charge in [0.25, 0.3) is 5.91 Å². The second-order valence-electron chi connectivity index (χ2n) is 10.7. The fourth-order valence-corrected chi connectivity index (χ4v) is 5.22. The van der Waals surface area contributed by atoms with Gasteiger partial charge in [-0.1, -0.05) is 5.21 Å². The number of nitrogens with one attached hydrogen (secondary N) is 1. The molecule has 1 aliphatic heterocycles. The van der Waals surface area contributed by atoms with Gasteiger partial charge < -0.3 is 19.4 Å². The number of methoxy groups -OCH3 is 2. The summed E-state index contributed by atoms with van der Waals surface area (Å²) < 4.78 is 31.2. The van der Waals surface area contributed by atoms with Crippen LogP contribution in [-0.2, 0) is 36.5 Å². The average molecular weight is 552 g/mol. The number of ether oxygens (including phenoxy) is 2. The second-order valence-corrected chi connectivity index (χ2v) is 10.7. The lowest BCUT2D eigenvalue weighted by atomic mass is 10.0. The van der Waals surface area contributed by atoms with Crippen molar-refractivity contribution in [3.05, 3.63) is 70.6 Å². The van der Waals surface area contributed by atoms with Gasteiger partial charge in [0.2, 0.25) is 0 Å². The highest BCUT2D eigenvalue weighted by Gasteiger charge is 2.31. The maximum Gasteiger partial charge on any atom is 0.271 e. The molecule has 0 atom stereocenters. The second kappa shape index (κ2) is 10.8. The smallest absolute Gasteiger partial charge is 0.271 e. The summed E-state index contributed by atoms with van der Waals surface area (Å²) in [5.41, 5.74) is 3.40. The molecule has 0 bridgehead atoms. The monoisotopic (exact) mass is 551 g/mol. The van der Waals surface area contributed by atoms with Gasteiger partial charge in [-0.3, -0.25) is 14.4 Å². The van der Waals surface area contributed by atoms with E-state index in [2.05, 4.69) is 57.2 Å². The van der Waals surface area contributed by atoms with E-state index in [0.29, 0.717) is 23.8 Å². The number of carbonyl (C=O) groups excluding carboxylic acids is 1. The highest BCUT2D eigenvalue weighted by molar-refractivity contribution is 5.92. The summed E-state index contributed by atoms with van der Waals surface area (Å²) in [5, 5.41) is 15.7. The number of carbonyl (C=O) groups is 1. The lowest BCUT2D eigenvalue weighted by molar-refractivity contribution is 0.0945. The van der Waals surface area contributed by atoms with Crippen LogP contribution in [0.5, 0.6) is 5.75 Å². The van der Waals surface area contributed by atoms with E-state index in [1.807, 2.05) is 4.57 Å². The number of benzene rings is 1. The number of nitrogens with zero attached hydrogens (tertiary/aromatic N) is 8. The normalized spacial score (nSPS) is 14.8. The molecule has 212 valence electrons. The standard InChI is InChI=1S/C27H34FN9O3/c1-17-11-36(33-31-17)22-7-8-23(40-6)25(28)20(22)10-29-26(38)21-14-35(24(30-21)15-39-5)12-18-9-19-13-34(4)16-27(2,3)37(19)32-18/h7-9,11,14H,10,12-13,15-16H2,1-6H3,(H,29,38). The number of fused-ring (bicyclic) bond motifs is 1. The SMILES string of the molecule is COCc1nc(C(=O)NCc2c(-n3cc(C)nn3)ccc(OC)c2F)cn1Cc1cc2n(n1)C(C)(C)CN(C)C2. The van der Waals surface area contributed by atoms with Gasteiger partial charge >= 0.3 is 0 Å². The molecule has 0 fully saturated rings. The van der Waals surface area contributed by atoms with E-state index in [-0.39, 0.29) is 35.7 Å². The fraction of sp³-hybridized carbons (Fsp3) is 0.444. The number of amides is 1. The van der Waals surface area contributed by atoms with Gasteiger partial charge in [-0.2, -0.15) is 5.10 Å². The maximum atomic E-state index is 15.3. The van der Waals surface area contributed by atoms with Crippen molar-refractivity contribution in [2.24, 2.45) is 0 Å². The Morgan fingerprint density at radius 3 is 2.73 bits per heavy atom. The van der Waals surface area contributed by atoms with Crippen molar-refractivity contribution < 1.29 is 18.7 Å². The zero-order valence-corrected chi connectivity index (χ0v) is 23.6. The van der Waals surface area contributed by atoms with Crippen LogP contribution >= 0.6 is 0 Å². The van der Waals surface area contributed by atoms with Crippen molar-refractivity contribution in [1.82, 2.24) is 44.5 Å². The molecule has 1 amide bonds. The van der Waals surface area contributed by atoms with E-state index in [4.69, 9.17) is 14.6 Å². The van der Waals surface area contributed by atoms with Gasteiger partial charge in [0.05, 0.1) is 48.2 Å². The molecule has 0 saturated carbocycles. The molecule has 4 aromatic rings. The first-order valence-electron chi connectivity index (χ1n) is 12.9. The molecular formula is C27H34FN9O3. The van der Waals surface area contributed by atoms with Gasteiger partial charge in [-0.05, 0) is 46.0 Å². The Bertz CT molecular complexity index is 1540. The Labute approximate surface area is 231 Å². The van der Waals surface area contributed by atoms with Crippen LogP contribution in [0.25, 0.3) is 5.69 Å². The molecule has 5 rings (SSSR count). The predicted octanol–water partition coefficient (Wildman–Crippen LogP) is 2.42. The fourth-order valence-electron chi connectivity index (χ4n) is 5.22. The van der Waals surface area contributed by atoms with Crippen LogP contribution in [0, 0.1) is 12.7 Å².